The minimum absolute atomic E-state index is 0.0597. The number of carbonyl (C=O) groups excluding carboxylic acids is 1. The molecule has 6 heteroatoms. The van der Waals surface area contributed by atoms with Crippen LogP contribution in [0.5, 0.6) is 0 Å². The number of ether oxygens (including phenoxy) is 1. The number of rotatable bonds is 2. The lowest BCUT2D eigenvalue weighted by atomic mass is 9.85. The number of nitrogens with one attached hydrogen (secondary N) is 1. The molecule has 0 heterocycles. The second-order valence-corrected chi connectivity index (χ2v) is 5.62. The molecule has 1 aliphatic carbocycles. The molecule has 0 aromatic carbocycles. The third kappa shape index (κ3) is 4.50. The molecule has 0 unspecified atom stereocenters. The molecular formula is C12H20FNO4. The molecule has 3 atom stereocenters. The maximum absolute atomic E-state index is 13.7. The summed E-state index contributed by atoms with van der Waals surface area (Å²) in [4.78, 5) is 22.2. The number of hydrogen-bond acceptors (Lipinski definition) is 3. The van der Waals surface area contributed by atoms with Crippen LogP contribution in [0.25, 0.3) is 0 Å². The first-order valence-corrected chi connectivity index (χ1v) is 6.05. The van der Waals surface area contributed by atoms with Gasteiger partial charge >= 0.3 is 12.1 Å². The second kappa shape index (κ2) is 5.54. The van der Waals surface area contributed by atoms with Crippen LogP contribution in [-0.4, -0.2) is 35.0 Å². The van der Waals surface area contributed by atoms with Gasteiger partial charge in [0.2, 0.25) is 0 Å². The quantitative estimate of drug-likeness (QED) is 0.798. The summed E-state index contributed by atoms with van der Waals surface area (Å²) in [5.41, 5.74) is -0.631. The number of amides is 1. The number of hydrogen-bond donors (Lipinski definition) is 2. The molecule has 104 valence electrons. The van der Waals surface area contributed by atoms with Crippen LogP contribution in [0.2, 0.25) is 0 Å². The van der Waals surface area contributed by atoms with Crippen LogP contribution < -0.4 is 5.32 Å². The zero-order valence-electron chi connectivity index (χ0n) is 10.9. The fraction of sp³-hybridized carbons (Fsp3) is 0.833. The molecule has 1 amide bonds. The Hall–Kier alpha value is -1.33. The topological polar surface area (TPSA) is 75.6 Å². The first kappa shape index (κ1) is 14.7. The van der Waals surface area contributed by atoms with Gasteiger partial charge in [0, 0.05) is 0 Å². The average molecular weight is 261 g/mol. The fourth-order valence-corrected chi connectivity index (χ4v) is 1.96. The van der Waals surface area contributed by atoms with Gasteiger partial charge in [-0.25, -0.2) is 9.18 Å². The molecule has 0 saturated heterocycles. The van der Waals surface area contributed by atoms with E-state index < -0.39 is 35.8 Å². The molecule has 0 radical (unpaired) electrons. The Morgan fingerprint density at radius 3 is 2.39 bits per heavy atom. The van der Waals surface area contributed by atoms with Crippen molar-refractivity contribution >= 4 is 12.1 Å². The van der Waals surface area contributed by atoms with E-state index in [-0.39, 0.29) is 6.42 Å². The molecular weight excluding hydrogens is 241 g/mol. The van der Waals surface area contributed by atoms with Crippen molar-refractivity contribution in [3.05, 3.63) is 0 Å². The molecule has 0 spiro atoms. The lowest BCUT2D eigenvalue weighted by Gasteiger charge is -2.31. The Kier molecular flexibility index (Phi) is 4.53. The Balaban J connectivity index is 2.45. The normalized spacial score (nSPS) is 28.6. The Bertz CT molecular complexity index is 327. The Morgan fingerprint density at radius 2 is 1.94 bits per heavy atom. The van der Waals surface area contributed by atoms with Crippen LogP contribution in [0.4, 0.5) is 9.18 Å². The van der Waals surface area contributed by atoms with E-state index in [2.05, 4.69) is 5.32 Å². The second-order valence-electron chi connectivity index (χ2n) is 5.62. The van der Waals surface area contributed by atoms with Gasteiger partial charge in [0.05, 0.1) is 12.0 Å². The highest BCUT2D eigenvalue weighted by Crippen LogP contribution is 2.27. The van der Waals surface area contributed by atoms with Gasteiger partial charge in [-0.1, -0.05) is 0 Å². The summed E-state index contributed by atoms with van der Waals surface area (Å²) in [5, 5.41) is 11.3. The average Bonchev–Trinajstić information content (AvgIpc) is 2.17. The van der Waals surface area contributed by atoms with Crippen LogP contribution in [0.3, 0.4) is 0 Å². The van der Waals surface area contributed by atoms with Crippen LogP contribution >= 0.6 is 0 Å². The molecule has 0 bridgehead atoms. The summed E-state index contributed by atoms with van der Waals surface area (Å²) in [6, 6.07) is -0.657. The molecule has 0 aromatic heterocycles. The number of alkyl carbamates (subject to hydrolysis) is 1. The third-order valence-corrected chi connectivity index (χ3v) is 2.82. The first-order chi connectivity index (χ1) is 8.19. The molecule has 1 fully saturated rings. The molecule has 2 N–H and O–H groups in total. The van der Waals surface area contributed by atoms with Crippen molar-refractivity contribution in [3.8, 4) is 0 Å². The van der Waals surface area contributed by atoms with Crippen molar-refractivity contribution in [3.63, 3.8) is 0 Å². The summed E-state index contributed by atoms with van der Waals surface area (Å²) >= 11 is 0. The minimum atomic E-state index is -1.34. The van der Waals surface area contributed by atoms with Crippen LogP contribution in [0.15, 0.2) is 0 Å². The van der Waals surface area contributed by atoms with Gasteiger partial charge < -0.3 is 15.2 Å². The molecule has 1 rings (SSSR count). The highest BCUT2D eigenvalue weighted by molar-refractivity contribution is 5.70. The van der Waals surface area contributed by atoms with Gasteiger partial charge in [-0.05, 0) is 40.0 Å². The number of halogens is 1. The lowest BCUT2D eigenvalue weighted by Crippen LogP contribution is -2.47. The van der Waals surface area contributed by atoms with E-state index in [4.69, 9.17) is 9.84 Å². The van der Waals surface area contributed by atoms with Crippen LogP contribution in [0, 0.1) is 5.92 Å². The SMILES string of the molecule is CC(C)(C)OC(=O)N[C@@H]1CC[C@@H](C(=O)O)C[C@@H]1F. The van der Waals surface area contributed by atoms with Crippen LogP contribution in [-0.2, 0) is 9.53 Å². The molecule has 18 heavy (non-hydrogen) atoms. The monoisotopic (exact) mass is 261 g/mol. The maximum atomic E-state index is 13.7. The number of carbonyl (C=O) groups is 2. The van der Waals surface area contributed by atoms with Crippen molar-refractivity contribution in [2.45, 2.75) is 57.8 Å². The summed E-state index contributed by atoms with van der Waals surface area (Å²) in [6.07, 6.45) is -1.38. The highest BCUT2D eigenvalue weighted by Gasteiger charge is 2.35. The van der Waals surface area contributed by atoms with Crippen molar-refractivity contribution in [1.29, 1.82) is 0 Å². The van der Waals surface area contributed by atoms with Gasteiger partial charge in [-0.3, -0.25) is 4.79 Å². The van der Waals surface area contributed by atoms with Gasteiger partial charge in [-0.2, -0.15) is 0 Å². The van der Waals surface area contributed by atoms with Crippen LogP contribution in [0.1, 0.15) is 40.0 Å². The Labute approximate surface area is 106 Å². The zero-order chi connectivity index (χ0) is 13.9. The van der Waals surface area contributed by atoms with Crippen molar-refractivity contribution in [2.24, 2.45) is 5.92 Å². The number of aliphatic carboxylic acids is 1. The molecule has 0 aromatic rings. The lowest BCUT2D eigenvalue weighted by molar-refractivity contribution is -0.143. The van der Waals surface area contributed by atoms with E-state index in [1.54, 1.807) is 20.8 Å². The number of alkyl halides is 1. The van der Waals surface area contributed by atoms with Gasteiger partial charge in [0.15, 0.2) is 0 Å². The smallest absolute Gasteiger partial charge is 0.407 e. The van der Waals surface area contributed by atoms with E-state index in [0.717, 1.165) is 0 Å². The summed E-state index contributed by atoms with van der Waals surface area (Å²) in [7, 11) is 0. The van der Waals surface area contributed by atoms with E-state index in [1.165, 1.54) is 0 Å². The predicted molar refractivity (Wildman–Crippen MR) is 63.0 cm³/mol. The summed E-state index contributed by atoms with van der Waals surface area (Å²) in [5.74, 6) is -1.63. The Morgan fingerprint density at radius 1 is 1.33 bits per heavy atom. The highest BCUT2D eigenvalue weighted by atomic mass is 19.1. The first-order valence-electron chi connectivity index (χ1n) is 6.05. The minimum Gasteiger partial charge on any atom is -0.481 e. The van der Waals surface area contributed by atoms with Gasteiger partial charge in [-0.15, -0.1) is 0 Å². The largest absolute Gasteiger partial charge is 0.481 e. The zero-order valence-corrected chi connectivity index (χ0v) is 10.9. The van der Waals surface area contributed by atoms with E-state index in [9.17, 15) is 14.0 Å². The number of carboxylic acid groups (broad SMARTS) is 1. The van der Waals surface area contributed by atoms with Crippen molar-refractivity contribution in [1.82, 2.24) is 5.32 Å². The van der Waals surface area contributed by atoms with E-state index in [0.29, 0.717) is 12.8 Å². The standard InChI is InChI=1S/C12H20FNO4/c1-12(2,3)18-11(17)14-9-5-4-7(10(15)16)6-8(9)13/h7-9H,4-6H2,1-3H3,(H,14,17)(H,15,16)/t7-,8+,9-/m1/s1. The van der Waals surface area contributed by atoms with Crippen molar-refractivity contribution in [2.75, 3.05) is 0 Å². The van der Waals surface area contributed by atoms with Gasteiger partial charge in [0.25, 0.3) is 0 Å². The van der Waals surface area contributed by atoms with Gasteiger partial charge in [0.1, 0.15) is 11.8 Å². The predicted octanol–water partition coefficient (Wildman–Crippen LogP) is 2.10. The molecule has 1 saturated carbocycles. The van der Waals surface area contributed by atoms with Crippen molar-refractivity contribution < 1.29 is 23.8 Å². The fourth-order valence-electron chi connectivity index (χ4n) is 1.96. The van der Waals surface area contributed by atoms with E-state index >= 15 is 0 Å². The molecule has 5 nitrogen and oxygen atoms in total. The van der Waals surface area contributed by atoms with E-state index in [1.807, 2.05) is 0 Å². The summed E-state index contributed by atoms with van der Waals surface area (Å²) < 4.78 is 18.7. The third-order valence-electron chi connectivity index (χ3n) is 2.82. The molecule has 0 aliphatic heterocycles. The summed E-state index contributed by atoms with van der Waals surface area (Å²) in [6.45, 7) is 5.17. The molecule has 1 aliphatic rings. The number of carboxylic acids is 1. The maximum Gasteiger partial charge on any atom is 0.407 e.